The highest BCUT2D eigenvalue weighted by molar-refractivity contribution is 6.06. The van der Waals surface area contributed by atoms with Crippen molar-refractivity contribution < 1.29 is 4.79 Å². The van der Waals surface area contributed by atoms with Gasteiger partial charge < -0.3 is 11.1 Å². The molecule has 0 aliphatic heterocycles. The molecule has 0 unspecified atom stereocenters. The molecule has 0 radical (unpaired) electrons. The van der Waals surface area contributed by atoms with Gasteiger partial charge in [0.1, 0.15) is 5.82 Å². The summed E-state index contributed by atoms with van der Waals surface area (Å²) in [4.78, 5) is 15.6. The molecular formula is C12H17N5O. The molecule has 2 aromatic heterocycles. The summed E-state index contributed by atoms with van der Waals surface area (Å²) in [6, 6.07) is 3.28. The molecule has 2 rings (SSSR count). The maximum Gasteiger partial charge on any atom is 0.259 e. The third kappa shape index (κ3) is 3.31. The number of hydrogen-bond donors (Lipinski definition) is 2. The molecular weight excluding hydrogens is 230 g/mol. The van der Waals surface area contributed by atoms with Gasteiger partial charge in [-0.1, -0.05) is 13.8 Å². The van der Waals surface area contributed by atoms with Gasteiger partial charge in [-0.2, -0.15) is 5.10 Å². The number of carbonyl (C=O) groups excluding carboxylic acids is 1. The molecule has 0 bridgehead atoms. The zero-order chi connectivity index (χ0) is 13.5. The van der Waals surface area contributed by atoms with Gasteiger partial charge >= 0.3 is 0 Å². The number of hydrogen-bond acceptors (Lipinski definition) is 4. The van der Waals surface area contributed by atoms with E-state index in [0.717, 1.165) is 0 Å². The van der Waals surface area contributed by atoms with E-state index in [1.807, 2.05) is 13.8 Å². The molecule has 2 heterocycles. The zero-order valence-corrected chi connectivity index (χ0v) is 10.7. The van der Waals surface area contributed by atoms with Crippen molar-refractivity contribution in [2.75, 3.05) is 11.1 Å². The summed E-state index contributed by atoms with van der Waals surface area (Å²) in [6.45, 7) is 4.00. The van der Waals surface area contributed by atoms with Crippen LogP contribution in [-0.4, -0.2) is 20.7 Å². The second kappa shape index (κ2) is 6.39. The summed E-state index contributed by atoms with van der Waals surface area (Å²) < 4.78 is 1.60. The minimum Gasteiger partial charge on any atom is -0.383 e. The highest BCUT2D eigenvalue weighted by Gasteiger charge is 2.10. The van der Waals surface area contributed by atoms with Gasteiger partial charge in [-0.15, -0.1) is 0 Å². The van der Waals surface area contributed by atoms with Gasteiger partial charge in [-0.25, -0.2) is 4.98 Å². The third-order valence-electron chi connectivity index (χ3n) is 2.05. The molecule has 0 spiro atoms. The molecule has 1 amide bonds. The average molecular weight is 247 g/mol. The van der Waals surface area contributed by atoms with E-state index in [1.165, 1.54) is 6.20 Å². The van der Waals surface area contributed by atoms with Crippen molar-refractivity contribution in [3.63, 3.8) is 0 Å². The van der Waals surface area contributed by atoms with Crippen LogP contribution in [0.1, 0.15) is 24.2 Å². The Hall–Kier alpha value is -2.37. The lowest BCUT2D eigenvalue weighted by atomic mass is 10.2. The summed E-state index contributed by atoms with van der Waals surface area (Å²) in [6.07, 6.45) is 4.80. The summed E-state index contributed by atoms with van der Waals surface area (Å²) in [5.41, 5.74) is 6.56. The second-order valence-electron chi connectivity index (χ2n) is 3.29. The third-order valence-corrected chi connectivity index (χ3v) is 2.05. The van der Waals surface area contributed by atoms with E-state index < -0.39 is 0 Å². The van der Waals surface area contributed by atoms with Crippen molar-refractivity contribution in [2.24, 2.45) is 7.05 Å². The fourth-order valence-electron chi connectivity index (χ4n) is 1.29. The first-order chi connectivity index (χ1) is 8.66. The summed E-state index contributed by atoms with van der Waals surface area (Å²) >= 11 is 0. The Morgan fingerprint density at radius 2 is 2.17 bits per heavy atom. The number of aryl methyl sites for hydroxylation is 1. The molecule has 0 aromatic carbocycles. The molecule has 0 aliphatic rings. The molecule has 2 aromatic rings. The predicted molar refractivity (Wildman–Crippen MR) is 71.2 cm³/mol. The van der Waals surface area contributed by atoms with Crippen molar-refractivity contribution in [1.82, 2.24) is 14.8 Å². The first kappa shape index (κ1) is 13.7. The van der Waals surface area contributed by atoms with Crippen LogP contribution in [0.15, 0.2) is 30.7 Å². The molecule has 0 saturated heterocycles. The van der Waals surface area contributed by atoms with Gasteiger partial charge in [0.25, 0.3) is 5.91 Å². The molecule has 0 atom stereocenters. The standard InChI is InChI=1S/C10H11N5O.C2H6/c1-15-6-7(5-13-15)14-10(16)8-3-2-4-12-9(8)11;1-2/h2-6H,1H3,(H2,11,12)(H,14,16);1-2H3. The monoisotopic (exact) mass is 247 g/mol. The Balaban J connectivity index is 0.000000771. The topological polar surface area (TPSA) is 85.8 Å². The molecule has 0 fully saturated rings. The van der Waals surface area contributed by atoms with Gasteiger partial charge in [0, 0.05) is 19.4 Å². The smallest absolute Gasteiger partial charge is 0.259 e. The quantitative estimate of drug-likeness (QED) is 0.845. The van der Waals surface area contributed by atoms with E-state index in [0.29, 0.717) is 11.3 Å². The van der Waals surface area contributed by atoms with Gasteiger partial charge in [0.05, 0.1) is 17.4 Å². The van der Waals surface area contributed by atoms with Crippen LogP contribution in [0, 0.1) is 0 Å². The van der Waals surface area contributed by atoms with Crippen LogP contribution in [0.5, 0.6) is 0 Å². The number of nitrogens with one attached hydrogen (secondary N) is 1. The number of pyridine rings is 1. The number of nitrogen functional groups attached to an aromatic ring is 1. The molecule has 0 saturated carbocycles. The molecule has 96 valence electrons. The molecule has 6 nitrogen and oxygen atoms in total. The number of nitrogens with two attached hydrogens (primary N) is 1. The minimum atomic E-state index is -0.293. The average Bonchev–Trinajstić information content (AvgIpc) is 2.78. The Bertz CT molecular complexity index is 521. The summed E-state index contributed by atoms with van der Waals surface area (Å²) in [5, 5.41) is 6.62. The van der Waals surface area contributed by atoms with Gasteiger partial charge in [-0.05, 0) is 12.1 Å². The van der Waals surface area contributed by atoms with Crippen LogP contribution in [0.2, 0.25) is 0 Å². The van der Waals surface area contributed by atoms with Crippen molar-refractivity contribution in [1.29, 1.82) is 0 Å². The van der Waals surface area contributed by atoms with Crippen molar-refractivity contribution in [3.8, 4) is 0 Å². The molecule has 18 heavy (non-hydrogen) atoms. The van der Waals surface area contributed by atoms with E-state index in [9.17, 15) is 4.79 Å². The van der Waals surface area contributed by atoms with Crippen molar-refractivity contribution in [2.45, 2.75) is 13.8 Å². The number of aromatic nitrogens is 3. The lowest BCUT2D eigenvalue weighted by Gasteiger charge is -2.03. The van der Waals surface area contributed by atoms with Gasteiger partial charge in [0.2, 0.25) is 0 Å². The van der Waals surface area contributed by atoms with Crippen LogP contribution in [0.25, 0.3) is 0 Å². The van der Waals surface area contributed by atoms with E-state index in [1.54, 1.807) is 36.3 Å². The molecule has 6 heteroatoms. The van der Waals surface area contributed by atoms with E-state index >= 15 is 0 Å². The maximum absolute atomic E-state index is 11.8. The summed E-state index contributed by atoms with van der Waals surface area (Å²) in [5.74, 6) is -0.0810. The lowest BCUT2D eigenvalue weighted by Crippen LogP contribution is -2.14. The number of nitrogens with zero attached hydrogens (tertiary/aromatic N) is 3. The minimum absolute atomic E-state index is 0.212. The first-order valence-electron chi connectivity index (χ1n) is 5.67. The fourth-order valence-corrected chi connectivity index (χ4v) is 1.29. The van der Waals surface area contributed by atoms with Gasteiger partial charge in [-0.3, -0.25) is 9.48 Å². The Morgan fingerprint density at radius 1 is 1.44 bits per heavy atom. The van der Waals surface area contributed by atoms with E-state index in [-0.39, 0.29) is 11.7 Å². The predicted octanol–water partition coefficient (Wildman–Crippen LogP) is 1.68. The van der Waals surface area contributed by atoms with Crippen LogP contribution in [-0.2, 0) is 7.05 Å². The van der Waals surface area contributed by atoms with E-state index in [2.05, 4.69) is 15.4 Å². The highest BCUT2D eigenvalue weighted by Crippen LogP contribution is 2.11. The van der Waals surface area contributed by atoms with Crippen LogP contribution in [0.3, 0.4) is 0 Å². The number of anilines is 2. The van der Waals surface area contributed by atoms with Crippen LogP contribution < -0.4 is 11.1 Å². The molecule has 0 aliphatic carbocycles. The SMILES string of the molecule is CC.Cn1cc(NC(=O)c2cccnc2N)cn1. The molecule has 3 N–H and O–H groups in total. The Morgan fingerprint density at radius 3 is 2.72 bits per heavy atom. The number of rotatable bonds is 2. The lowest BCUT2D eigenvalue weighted by molar-refractivity contribution is 0.102. The summed E-state index contributed by atoms with van der Waals surface area (Å²) in [7, 11) is 1.77. The maximum atomic E-state index is 11.8. The normalized spacial score (nSPS) is 9.28. The van der Waals surface area contributed by atoms with Crippen LogP contribution in [0.4, 0.5) is 11.5 Å². The zero-order valence-electron chi connectivity index (χ0n) is 10.7. The van der Waals surface area contributed by atoms with Gasteiger partial charge in [0.15, 0.2) is 0 Å². The number of carbonyl (C=O) groups is 1. The first-order valence-corrected chi connectivity index (χ1v) is 5.67. The highest BCUT2D eigenvalue weighted by atomic mass is 16.1. The Labute approximate surface area is 106 Å². The van der Waals surface area contributed by atoms with E-state index in [4.69, 9.17) is 5.73 Å². The second-order valence-corrected chi connectivity index (χ2v) is 3.29. The van der Waals surface area contributed by atoms with Crippen molar-refractivity contribution >= 4 is 17.4 Å². The Kier molecular flexibility index (Phi) is 4.86. The fraction of sp³-hybridized carbons (Fsp3) is 0.250. The number of amides is 1. The largest absolute Gasteiger partial charge is 0.383 e. The van der Waals surface area contributed by atoms with Crippen LogP contribution >= 0.6 is 0 Å². The van der Waals surface area contributed by atoms with Crippen molar-refractivity contribution in [3.05, 3.63) is 36.3 Å².